The third-order valence-electron chi connectivity index (χ3n) is 4.10. The maximum absolute atomic E-state index is 2.32. The molecule has 2 nitrogen and oxygen atoms in total. The highest BCUT2D eigenvalue weighted by Crippen LogP contribution is 2.31. The molecule has 0 atom stereocenters. The Morgan fingerprint density at radius 3 is 0.667 bits per heavy atom. The van der Waals surface area contributed by atoms with Crippen LogP contribution in [-0.4, -0.2) is 50.1 Å². The van der Waals surface area contributed by atoms with Gasteiger partial charge in [-0.1, -0.05) is 69.2 Å². The second kappa shape index (κ2) is 19.2. The molecule has 2 saturated heterocycles. The molecule has 0 aromatic carbocycles. The normalized spacial score (nSPS) is 25.5. The van der Waals surface area contributed by atoms with Gasteiger partial charge in [0.1, 0.15) is 0 Å². The first-order valence-electron chi connectivity index (χ1n) is 10.7. The Bertz CT molecular complexity index is 156. The lowest BCUT2D eigenvalue weighted by Gasteiger charge is -2.33. The van der Waals surface area contributed by atoms with Crippen LogP contribution in [0.5, 0.6) is 0 Å². The molecule has 0 unspecified atom stereocenters. The van der Waals surface area contributed by atoms with Crippen LogP contribution in [0.4, 0.5) is 0 Å². The summed E-state index contributed by atoms with van der Waals surface area (Å²) < 4.78 is 0. The van der Waals surface area contributed by atoms with Crippen molar-refractivity contribution in [3.05, 3.63) is 0 Å². The van der Waals surface area contributed by atoms with Crippen LogP contribution in [0.25, 0.3) is 0 Å². The van der Waals surface area contributed by atoms with Crippen molar-refractivity contribution in [2.75, 3.05) is 40.3 Å². The molecule has 3 rings (SSSR count). The summed E-state index contributed by atoms with van der Waals surface area (Å²) in [5.41, 5.74) is 0. The zero-order chi connectivity index (χ0) is 19.7. The molecule has 0 N–H and O–H groups in total. The lowest BCUT2D eigenvalue weighted by atomic mass is 9.78. The maximum Gasteiger partial charge on any atom is 0.00163 e. The summed E-state index contributed by atoms with van der Waals surface area (Å²) in [6.45, 7) is 26.4. The molecule has 1 saturated carbocycles. The van der Waals surface area contributed by atoms with Gasteiger partial charge in [0.25, 0.3) is 0 Å². The summed E-state index contributed by atoms with van der Waals surface area (Å²) in [5.74, 6) is 4.02. The molecule has 2 aliphatic heterocycles. The first-order valence-corrected chi connectivity index (χ1v) is 10.7. The molecule has 0 bridgehead atoms. The molecule has 3 fully saturated rings. The maximum atomic E-state index is 2.32. The summed E-state index contributed by atoms with van der Waals surface area (Å²) in [7, 11) is 4.31. The van der Waals surface area contributed by atoms with E-state index < -0.39 is 0 Å². The molecule has 2 heterocycles. The Balaban J connectivity index is -0.000000239. The largest absolute Gasteiger partial charge is 0.306 e. The summed E-state index contributed by atoms with van der Waals surface area (Å²) in [6, 6.07) is 0. The number of hydrogen-bond donors (Lipinski definition) is 0. The van der Waals surface area contributed by atoms with Crippen LogP contribution >= 0.6 is 0 Å². The van der Waals surface area contributed by atoms with Crippen molar-refractivity contribution < 1.29 is 0 Å². The van der Waals surface area contributed by atoms with E-state index in [0.717, 1.165) is 23.7 Å². The van der Waals surface area contributed by atoms with E-state index in [2.05, 4.69) is 51.6 Å². The van der Waals surface area contributed by atoms with E-state index in [-0.39, 0.29) is 0 Å². The molecule has 1 aliphatic carbocycles. The number of hydrogen-bond acceptors (Lipinski definition) is 2. The topological polar surface area (TPSA) is 6.48 Å². The average molecular weight is 345 g/mol. The van der Waals surface area contributed by atoms with Gasteiger partial charge < -0.3 is 9.80 Å². The van der Waals surface area contributed by atoms with Crippen molar-refractivity contribution in [2.45, 2.75) is 82.1 Å². The van der Waals surface area contributed by atoms with E-state index in [1.54, 1.807) is 0 Å². The van der Waals surface area contributed by atoms with E-state index in [1.807, 2.05) is 41.5 Å². The minimum atomic E-state index is 0.968. The minimum Gasteiger partial charge on any atom is -0.306 e. The van der Waals surface area contributed by atoms with Crippen molar-refractivity contribution >= 4 is 0 Å². The van der Waals surface area contributed by atoms with Crippen LogP contribution in [-0.2, 0) is 0 Å². The van der Waals surface area contributed by atoms with E-state index in [4.69, 9.17) is 0 Å². The molecule has 3 aliphatic rings. The predicted octanol–water partition coefficient (Wildman–Crippen LogP) is 6.27. The molecule has 0 aromatic rings. The molecule has 0 radical (unpaired) electrons. The monoisotopic (exact) mass is 344 g/mol. The highest BCUT2D eigenvalue weighted by atomic mass is 15.2. The SMILES string of the molecule is CC.CC.CC.CC1CC(C)C1.CC1CN(C)C1.CC1CN(C)C1. The van der Waals surface area contributed by atoms with Gasteiger partial charge in [0.05, 0.1) is 0 Å². The van der Waals surface area contributed by atoms with Gasteiger partial charge in [0, 0.05) is 26.2 Å². The fourth-order valence-electron chi connectivity index (χ4n) is 3.33. The van der Waals surface area contributed by atoms with E-state index in [1.165, 1.54) is 39.0 Å². The van der Waals surface area contributed by atoms with Gasteiger partial charge in [-0.05, 0) is 50.6 Å². The minimum absolute atomic E-state index is 0.968. The summed E-state index contributed by atoms with van der Waals surface area (Å²) in [6.07, 6.45) is 2.94. The zero-order valence-corrected chi connectivity index (χ0v) is 19.4. The highest BCUT2D eigenvalue weighted by Gasteiger charge is 2.19. The smallest absolute Gasteiger partial charge is 0.00163 e. The van der Waals surface area contributed by atoms with Crippen molar-refractivity contribution in [2.24, 2.45) is 23.7 Å². The summed E-state index contributed by atoms with van der Waals surface area (Å²) >= 11 is 0. The van der Waals surface area contributed by atoms with Gasteiger partial charge in [-0.2, -0.15) is 0 Å². The Labute approximate surface area is 156 Å². The van der Waals surface area contributed by atoms with Crippen LogP contribution in [0.3, 0.4) is 0 Å². The molecule has 0 spiro atoms. The first-order chi connectivity index (χ1) is 11.4. The van der Waals surface area contributed by atoms with Gasteiger partial charge in [-0.3, -0.25) is 0 Å². The Hall–Kier alpha value is -0.0800. The Morgan fingerprint density at radius 2 is 0.667 bits per heavy atom. The van der Waals surface area contributed by atoms with E-state index >= 15 is 0 Å². The summed E-state index contributed by atoms with van der Waals surface area (Å²) in [5, 5.41) is 0. The standard InChI is InChI=1S/C6H12.2C5H11N.3C2H6/c3*1-5-3-6(2)4-5;3*1-2/h5-6H,3-4H2,1-2H3;2*5H,3-4H2,1-2H3;3*1-2H3. The van der Waals surface area contributed by atoms with Gasteiger partial charge in [0.2, 0.25) is 0 Å². The molecule has 150 valence electrons. The molecule has 0 amide bonds. The van der Waals surface area contributed by atoms with Gasteiger partial charge in [-0.15, -0.1) is 0 Å². The van der Waals surface area contributed by atoms with Crippen LogP contribution in [0.1, 0.15) is 82.1 Å². The van der Waals surface area contributed by atoms with Crippen LogP contribution in [0, 0.1) is 23.7 Å². The lowest BCUT2D eigenvalue weighted by molar-refractivity contribution is 0.149. The highest BCUT2D eigenvalue weighted by molar-refractivity contribution is 4.72. The van der Waals surface area contributed by atoms with Gasteiger partial charge in [-0.25, -0.2) is 0 Å². The van der Waals surface area contributed by atoms with E-state index in [0.29, 0.717) is 0 Å². The molecule has 2 heteroatoms. The Kier molecular flexibility index (Phi) is 23.0. The molecular weight excluding hydrogens is 292 g/mol. The van der Waals surface area contributed by atoms with Crippen LogP contribution in [0.15, 0.2) is 0 Å². The first kappa shape index (κ1) is 28.7. The van der Waals surface area contributed by atoms with E-state index in [9.17, 15) is 0 Å². The third kappa shape index (κ3) is 16.8. The van der Waals surface area contributed by atoms with Gasteiger partial charge in [0.15, 0.2) is 0 Å². The number of likely N-dealkylation sites (tertiary alicyclic amines) is 2. The van der Waals surface area contributed by atoms with Gasteiger partial charge >= 0.3 is 0 Å². The Morgan fingerprint density at radius 1 is 0.458 bits per heavy atom. The van der Waals surface area contributed by atoms with Crippen LogP contribution < -0.4 is 0 Å². The quantitative estimate of drug-likeness (QED) is 0.511. The van der Waals surface area contributed by atoms with Crippen molar-refractivity contribution in [1.82, 2.24) is 9.80 Å². The lowest BCUT2D eigenvalue weighted by Crippen LogP contribution is -2.41. The molecule has 0 aromatic heterocycles. The third-order valence-corrected chi connectivity index (χ3v) is 4.10. The van der Waals surface area contributed by atoms with Crippen molar-refractivity contribution in [3.8, 4) is 0 Å². The average Bonchev–Trinajstić information content (AvgIpc) is 2.51. The second-order valence-corrected chi connectivity index (χ2v) is 7.33. The summed E-state index contributed by atoms with van der Waals surface area (Å²) in [4.78, 5) is 4.65. The predicted molar refractivity (Wildman–Crippen MR) is 115 cm³/mol. The van der Waals surface area contributed by atoms with Crippen molar-refractivity contribution in [1.29, 1.82) is 0 Å². The zero-order valence-electron chi connectivity index (χ0n) is 19.4. The number of rotatable bonds is 0. The fourth-order valence-corrected chi connectivity index (χ4v) is 3.33. The molecule has 24 heavy (non-hydrogen) atoms. The molecular formula is C22H52N2. The second-order valence-electron chi connectivity index (χ2n) is 7.33. The number of nitrogens with zero attached hydrogens (tertiary/aromatic N) is 2. The van der Waals surface area contributed by atoms with Crippen LogP contribution in [0.2, 0.25) is 0 Å². The van der Waals surface area contributed by atoms with Crippen molar-refractivity contribution in [3.63, 3.8) is 0 Å². The fraction of sp³-hybridized carbons (Fsp3) is 1.00.